The largest absolute Gasteiger partial charge is 0.457 e. The van der Waals surface area contributed by atoms with E-state index in [0.717, 1.165) is 11.3 Å². The monoisotopic (exact) mass is 355 g/mol. The van der Waals surface area contributed by atoms with Gasteiger partial charge in [0.05, 0.1) is 10.6 Å². The van der Waals surface area contributed by atoms with Crippen LogP contribution in [-0.2, 0) is 0 Å². The number of rotatable bonds is 4. The van der Waals surface area contributed by atoms with Crippen LogP contribution >= 0.6 is 11.6 Å². The Morgan fingerprint density at radius 2 is 1.56 bits per heavy atom. The van der Waals surface area contributed by atoms with Crippen LogP contribution in [0.3, 0.4) is 0 Å². The van der Waals surface area contributed by atoms with E-state index in [0.29, 0.717) is 11.4 Å². The van der Waals surface area contributed by atoms with E-state index in [1.54, 1.807) is 24.3 Å². The van der Waals surface area contributed by atoms with Crippen LogP contribution in [0.1, 0.15) is 15.9 Å². The van der Waals surface area contributed by atoms with Crippen molar-refractivity contribution in [2.24, 2.45) is 0 Å². The summed E-state index contributed by atoms with van der Waals surface area (Å²) in [6, 6.07) is 18.6. The molecule has 25 heavy (non-hydrogen) atoms. The molecule has 126 valence electrons. The van der Waals surface area contributed by atoms with Crippen LogP contribution in [0.15, 0.2) is 66.7 Å². The van der Waals surface area contributed by atoms with E-state index in [9.17, 15) is 9.18 Å². The van der Waals surface area contributed by atoms with Crippen molar-refractivity contribution in [2.45, 2.75) is 6.92 Å². The molecule has 0 bridgehead atoms. The zero-order valence-corrected chi connectivity index (χ0v) is 14.2. The summed E-state index contributed by atoms with van der Waals surface area (Å²) in [7, 11) is 0. The first-order valence-corrected chi connectivity index (χ1v) is 8.01. The number of halogens is 2. The Hall–Kier alpha value is -2.85. The molecule has 0 saturated heterocycles. The Labute approximate surface area is 150 Å². The molecule has 3 nitrogen and oxygen atoms in total. The number of carbonyl (C=O) groups excluding carboxylic acids is 1. The minimum absolute atomic E-state index is 0.0665. The van der Waals surface area contributed by atoms with Crippen LogP contribution in [0.25, 0.3) is 0 Å². The van der Waals surface area contributed by atoms with Gasteiger partial charge in [0.1, 0.15) is 17.3 Å². The van der Waals surface area contributed by atoms with Gasteiger partial charge >= 0.3 is 0 Å². The lowest BCUT2D eigenvalue weighted by atomic mass is 10.2. The van der Waals surface area contributed by atoms with Crippen LogP contribution in [0.2, 0.25) is 5.02 Å². The van der Waals surface area contributed by atoms with E-state index in [-0.39, 0.29) is 10.6 Å². The highest BCUT2D eigenvalue weighted by Gasteiger charge is 2.15. The molecule has 0 aliphatic rings. The van der Waals surface area contributed by atoms with Crippen molar-refractivity contribution in [3.05, 3.63) is 88.7 Å². The average molecular weight is 356 g/mol. The van der Waals surface area contributed by atoms with Crippen LogP contribution in [-0.4, -0.2) is 5.91 Å². The van der Waals surface area contributed by atoms with Crippen LogP contribution in [0, 0.1) is 12.7 Å². The fourth-order valence-electron chi connectivity index (χ4n) is 2.26. The maximum absolute atomic E-state index is 13.8. The average Bonchev–Trinajstić information content (AvgIpc) is 2.58. The Kier molecular flexibility index (Phi) is 5.00. The Morgan fingerprint density at radius 3 is 2.16 bits per heavy atom. The SMILES string of the molecule is Cc1ccc(Oc2ccc(NC(=O)c3c(F)cccc3Cl)cc2)cc1. The second-order valence-corrected chi connectivity index (χ2v) is 5.90. The number of amides is 1. The molecule has 1 N–H and O–H groups in total. The third-order valence-corrected chi connectivity index (χ3v) is 3.87. The molecule has 0 unspecified atom stereocenters. The predicted octanol–water partition coefficient (Wildman–Crippen LogP) is 5.83. The van der Waals surface area contributed by atoms with Crippen molar-refractivity contribution >= 4 is 23.2 Å². The minimum Gasteiger partial charge on any atom is -0.457 e. The first-order valence-electron chi connectivity index (χ1n) is 7.63. The van der Waals surface area contributed by atoms with E-state index < -0.39 is 11.7 Å². The molecule has 0 fully saturated rings. The molecule has 1 amide bonds. The molecule has 0 spiro atoms. The number of ether oxygens (including phenoxy) is 1. The fraction of sp³-hybridized carbons (Fsp3) is 0.0500. The summed E-state index contributed by atoms with van der Waals surface area (Å²) in [6.45, 7) is 2.00. The van der Waals surface area contributed by atoms with Gasteiger partial charge in [0.2, 0.25) is 0 Å². The molecule has 3 aromatic rings. The van der Waals surface area contributed by atoms with Gasteiger partial charge in [0.15, 0.2) is 0 Å². The molecular formula is C20H15ClFNO2. The molecule has 0 saturated carbocycles. The first-order chi connectivity index (χ1) is 12.0. The molecule has 0 aromatic heterocycles. The summed E-state index contributed by atoms with van der Waals surface area (Å²) in [5.41, 5.74) is 1.49. The molecule has 0 aliphatic heterocycles. The van der Waals surface area contributed by atoms with Crippen molar-refractivity contribution in [2.75, 3.05) is 5.32 Å². The minimum atomic E-state index is -0.663. The Balaban J connectivity index is 1.70. The summed E-state index contributed by atoms with van der Waals surface area (Å²) in [5.74, 6) is 0.0888. The third kappa shape index (κ3) is 4.17. The standard InChI is InChI=1S/C20H15ClFNO2/c1-13-5-9-15(10-6-13)25-16-11-7-14(8-12-16)23-20(24)19-17(21)3-2-4-18(19)22/h2-12H,1H3,(H,23,24). The maximum atomic E-state index is 13.8. The van der Waals surface area contributed by atoms with E-state index >= 15 is 0 Å². The highest BCUT2D eigenvalue weighted by atomic mass is 35.5. The van der Waals surface area contributed by atoms with Gasteiger partial charge < -0.3 is 10.1 Å². The zero-order chi connectivity index (χ0) is 17.8. The van der Waals surface area contributed by atoms with Gasteiger partial charge in [-0.15, -0.1) is 0 Å². The third-order valence-electron chi connectivity index (χ3n) is 3.56. The van der Waals surface area contributed by atoms with Crippen molar-refractivity contribution in [3.63, 3.8) is 0 Å². The number of carbonyl (C=O) groups is 1. The number of hydrogen-bond acceptors (Lipinski definition) is 2. The molecule has 0 radical (unpaired) electrons. The number of anilines is 1. The summed E-state index contributed by atoms with van der Waals surface area (Å²) in [6.07, 6.45) is 0. The molecule has 0 heterocycles. The van der Waals surface area contributed by atoms with E-state index in [1.165, 1.54) is 18.2 Å². The maximum Gasteiger partial charge on any atom is 0.260 e. The highest BCUT2D eigenvalue weighted by molar-refractivity contribution is 6.34. The van der Waals surface area contributed by atoms with Crippen molar-refractivity contribution < 1.29 is 13.9 Å². The van der Waals surface area contributed by atoms with Crippen LogP contribution < -0.4 is 10.1 Å². The molecule has 0 atom stereocenters. The van der Waals surface area contributed by atoms with Crippen LogP contribution in [0.4, 0.5) is 10.1 Å². The van der Waals surface area contributed by atoms with Gasteiger partial charge in [-0.25, -0.2) is 4.39 Å². The van der Waals surface area contributed by atoms with Crippen LogP contribution in [0.5, 0.6) is 11.5 Å². The van der Waals surface area contributed by atoms with Gasteiger partial charge in [-0.3, -0.25) is 4.79 Å². The molecule has 0 aliphatic carbocycles. The predicted molar refractivity (Wildman–Crippen MR) is 97.1 cm³/mol. The van der Waals surface area contributed by atoms with Gasteiger partial charge in [-0.05, 0) is 55.5 Å². The number of nitrogens with one attached hydrogen (secondary N) is 1. The number of hydrogen-bond donors (Lipinski definition) is 1. The summed E-state index contributed by atoms with van der Waals surface area (Å²) in [5, 5.41) is 2.69. The lowest BCUT2D eigenvalue weighted by Gasteiger charge is -2.09. The second kappa shape index (κ2) is 7.36. The quantitative estimate of drug-likeness (QED) is 0.639. The first kappa shape index (κ1) is 17.0. The topological polar surface area (TPSA) is 38.3 Å². The van der Waals surface area contributed by atoms with Crippen molar-refractivity contribution in [3.8, 4) is 11.5 Å². The smallest absolute Gasteiger partial charge is 0.260 e. The molecule has 5 heteroatoms. The second-order valence-electron chi connectivity index (χ2n) is 5.49. The Bertz CT molecular complexity index is 872. The lowest BCUT2D eigenvalue weighted by Crippen LogP contribution is -2.14. The van der Waals surface area contributed by atoms with Gasteiger partial charge in [-0.2, -0.15) is 0 Å². The van der Waals surface area contributed by atoms with Crippen molar-refractivity contribution in [1.82, 2.24) is 0 Å². The van der Waals surface area contributed by atoms with E-state index in [2.05, 4.69) is 5.32 Å². The molecule has 3 aromatic carbocycles. The van der Waals surface area contributed by atoms with E-state index in [1.807, 2.05) is 31.2 Å². The fourth-order valence-corrected chi connectivity index (χ4v) is 2.51. The highest BCUT2D eigenvalue weighted by Crippen LogP contribution is 2.24. The zero-order valence-electron chi connectivity index (χ0n) is 13.4. The number of aryl methyl sites for hydroxylation is 1. The van der Waals surface area contributed by atoms with Gasteiger partial charge in [0.25, 0.3) is 5.91 Å². The summed E-state index contributed by atoms with van der Waals surface area (Å²) < 4.78 is 19.5. The normalized spacial score (nSPS) is 10.4. The molecule has 3 rings (SSSR count). The number of benzene rings is 3. The summed E-state index contributed by atoms with van der Waals surface area (Å²) in [4.78, 5) is 12.2. The van der Waals surface area contributed by atoms with Gasteiger partial charge in [-0.1, -0.05) is 35.4 Å². The van der Waals surface area contributed by atoms with Gasteiger partial charge in [0, 0.05) is 5.69 Å². The lowest BCUT2D eigenvalue weighted by molar-refractivity contribution is 0.102. The van der Waals surface area contributed by atoms with Crippen molar-refractivity contribution in [1.29, 1.82) is 0 Å². The molecular weight excluding hydrogens is 341 g/mol. The Morgan fingerprint density at radius 1 is 0.960 bits per heavy atom. The van der Waals surface area contributed by atoms with E-state index in [4.69, 9.17) is 16.3 Å². The summed E-state index contributed by atoms with van der Waals surface area (Å²) >= 11 is 5.90.